The Balaban J connectivity index is 1.83. The highest BCUT2D eigenvalue weighted by atomic mass is 32.2. The van der Waals surface area contributed by atoms with E-state index in [1.54, 1.807) is 11.6 Å². The number of halogens is 3. The van der Waals surface area contributed by atoms with Gasteiger partial charge in [-0.1, -0.05) is 29.8 Å². The zero-order valence-corrected chi connectivity index (χ0v) is 13.6. The predicted molar refractivity (Wildman–Crippen MR) is 82.3 cm³/mol. The summed E-state index contributed by atoms with van der Waals surface area (Å²) in [6, 6.07) is 9.97. The van der Waals surface area contributed by atoms with Gasteiger partial charge in [0.1, 0.15) is 5.03 Å². The molecular weight excluding hydrogens is 339 g/mol. The standard InChI is InChI=1S/C15H12F3N5S/c1-9-3-5-10(6-4-9)13-21-22-14(23(13)2)24-12-8-7-11(19-20-12)15(16,17)18/h3-8H,1-2H3. The van der Waals surface area contributed by atoms with Crippen molar-refractivity contribution in [2.45, 2.75) is 23.3 Å². The SMILES string of the molecule is Cc1ccc(-c2nnc(Sc3ccc(C(F)(F)F)nn3)n2C)cc1. The van der Waals surface area contributed by atoms with E-state index in [0.29, 0.717) is 16.0 Å². The topological polar surface area (TPSA) is 56.5 Å². The molecular formula is C15H12F3N5S. The molecule has 9 heteroatoms. The van der Waals surface area contributed by atoms with Gasteiger partial charge in [0.2, 0.25) is 0 Å². The number of rotatable bonds is 3. The first-order valence-electron chi connectivity index (χ1n) is 6.90. The molecule has 0 aliphatic carbocycles. The quantitative estimate of drug-likeness (QED) is 0.719. The fraction of sp³-hybridized carbons (Fsp3) is 0.200. The van der Waals surface area contributed by atoms with E-state index in [1.165, 1.54) is 6.07 Å². The molecule has 0 bridgehead atoms. The van der Waals surface area contributed by atoms with Gasteiger partial charge in [0.05, 0.1) is 0 Å². The average molecular weight is 351 g/mol. The normalized spacial score (nSPS) is 11.7. The predicted octanol–water partition coefficient (Wildman–Crippen LogP) is 3.75. The lowest BCUT2D eigenvalue weighted by atomic mass is 10.1. The van der Waals surface area contributed by atoms with E-state index in [0.717, 1.165) is 29.0 Å². The van der Waals surface area contributed by atoms with Gasteiger partial charge in [0, 0.05) is 12.6 Å². The molecule has 0 unspecified atom stereocenters. The number of nitrogens with zero attached hydrogens (tertiary/aromatic N) is 5. The number of aromatic nitrogens is 5. The van der Waals surface area contributed by atoms with Crippen molar-refractivity contribution in [2.24, 2.45) is 7.05 Å². The Morgan fingerprint density at radius 3 is 2.21 bits per heavy atom. The Morgan fingerprint density at radius 2 is 1.62 bits per heavy atom. The summed E-state index contributed by atoms with van der Waals surface area (Å²) in [4.78, 5) is 0. The van der Waals surface area contributed by atoms with Gasteiger partial charge in [-0.15, -0.1) is 20.4 Å². The van der Waals surface area contributed by atoms with Crippen molar-refractivity contribution in [3.05, 3.63) is 47.7 Å². The molecule has 24 heavy (non-hydrogen) atoms. The first kappa shape index (κ1) is 16.4. The molecule has 0 aliphatic rings. The van der Waals surface area contributed by atoms with Crippen molar-refractivity contribution in [3.8, 4) is 11.4 Å². The molecule has 0 radical (unpaired) electrons. The Morgan fingerprint density at radius 1 is 0.917 bits per heavy atom. The monoisotopic (exact) mass is 351 g/mol. The minimum Gasteiger partial charge on any atom is -0.305 e. The highest BCUT2D eigenvalue weighted by Gasteiger charge is 2.32. The molecule has 0 saturated heterocycles. The minimum atomic E-state index is -4.50. The number of hydrogen-bond acceptors (Lipinski definition) is 5. The number of aryl methyl sites for hydroxylation is 1. The molecule has 2 heterocycles. The van der Waals surface area contributed by atoms with Gasteiger partial charge in [-0.3, -0.25) is 0 Å². The molecule has 5 nitrogen and oxygen atoms in total. The Hall–Kier alpha value is -2.42. The molecule has 124 valence electrons. The highest BCUT2D eigenvalue weighted by Crippen LogP contribution is 2.30. The Bertz CT molecular complexity index is 841. The van der Waals surface area contributed by atoms with Crippen LogP contribution in [0.2, 0.25) is 0 Å². The van der Waals surface area contributed by atoms with Crippen LogP contribution < -0.4 is 0 Å². The smallest absolute Gasteiger partial charge is 0.305 e. The first-order valence-corrected chi connectivity index (χ1v) is 7.71. The fourth-order valence-electron chi connectivity index (χ4n) is 1.98. The molecule has 0 saturated carbocycles. The van der Waals surface area contributed by atoms with E-state index in [-0.39, 0.29) is 0 Å². The van der Waals surface area contributed by atoms with E-state index < -0.39 is 11.9 Å². The van der Waals surface area contributed by atoms with Crippen LogP contribution in [0.15, 0.2) is 46.6 Å². The summed E-state index contributed by atoms with van der Waals surface area (Å²) in [6.07, 6.45) is -4.50. The molecule has 0 fully saturated rings. The fourth-order valence-corrected chi connectivity index (χ4v) is 2.69. The van der Waals surface area contributed by atoms with E-state index in [9.17, 15) is 13.2 Å². The lowest BCUT2D eigenvalue weighted by Gasteiger charge is -2.05. The van der Waals surface area contributed by atoms with Crippen molar-refractivity contribution in [1.82, 2.24) is 25.0 Å². The van der Waals surface area contributed by atoms with Gasteiger partial charge in [-0.05, 0) is 30.8 Å². The second kappa shape index (κ2) is 6.23. The average Bonchev–Trinajstić information content (AvgIpc) is 2.89. The van der Waals surface area contributed by atoms with Crippen molar-refractivity contribution in [2.75, 3.05) is 0 Å². The molecule has 0 atom stereocenters. The van der Waals surface area contributed by atoms with Crippen LogP contribution in [0.3, 0.4) is 0 Å². The molecule has 2 aromatic heterocycles. The van der Waals surface area contributed by atoms with Crippen LogP contribution in [-0.2, 0) is 13.2 Å². The van der Waals surface area contributed by atoms with E-state index in [2.05, 4.69) is 20.4 Å². The summed E-state index contributed by atoms with van der Waals surface area (Å²) in [5.74, 6) is 0.664. The lowest BCUT2D eigenvalue weighted by Crippen LogP contribution is -2.08. The van der Waals surface area contributed by atoms with Crippen LogP contribution in [0.1, 0.15) is 11.3 Å². The Kier molecular flexibility index (Phi) is 4.27. The second-order valence-electron chi connectivity index (χ2n) is 5.09. The third kappa shape index (κ3) is 3.40. The molecule has 0 amide bonds. The van der Waals surface area contributed by atoms with Crippen LogP contribution in [0.4, 0.5) is 13.2 Å². The van der Waals surface area contributed by atoms with Gasteiger partial charge in [0.15, 0.2) is 16.7 Å². The third-order valence-electron chi connectivity index (χ3n) is 3.27. The molecule has 0 aliphatic heterocycles. The zero-order valence-electron chi connectivity index (χ0n) is 12.7. The van der Waals surface area contributed by atoms with Gasteiger partial charge < -0.3 is 4.57 Å². The number of hydrogen-bond donors (Lipinski definition) is 0. The van der Waals surface area contributed by atoms with E-state index in [1.807, 2.05) is 31.2 Å². The van der Waals surface area contributed by atoms with E-state index in [4.69, 9.17) is 0 Å². The van der Waals surface area contributed by atoms with Crippen LogP contribution in [0, 0.1) is 6.92 Å². The zero-order chi connectivity index (χ0) is 17.3. The van der Waals surface area contributed by atoms with Crippen molar-refractivity contribution < 1.29 is 13.2 Å². The van der Waals surface area contributed by atoms with Crippen molar-refractivity contribution in [1.29, 1.82) is 0 Å². The molecule has 3 rings (SSSR count). The summed E-state index contributed by atoms with van der Waals surface area (Å²) in [5.41, 5.74) is 1.02. The maximum absolute atomic E-state index is 12.5. The van der Waals surface area contributed by atoms with Gasteiger partial charge in [-0.25, -0.2) is 0 Å². The number of alkyl halides is 3. The lowest BCUT2D eigenvalue weighted by molar-refractivity contribution is -0.141. The molecule has 0 spiro atoms. The summed E-state index contributed by atoms with van der Waals surface area (Å²) < 4.78 is 39.2. The summed E-state index contributed by atoms with van der Waals surface area (Å²) in [5, 5.41) is 15.8. The Labute approximate surface area is 139 Å². The summed E-state index contributed by atoms with van der Waals surface area (Å²) >= 11 is 1.10. The van der Waals surface area contributed by atoms with Gasteiger partial charge in [0.25, 0.3) is 0 Å². The van der Waals surface area contributed by atoms with E-state index >= 15 is 0 Å². The highest BCUT2D eigenvalue weighted by molar-refractivity contribution is 7.99. The first-order chi connectivity index (χ1) is 11.3. The second-order valence-corrected chi connectivity index (χ2v) is 6.08. The summed E-state index contributed by atoms with van der Waals surface area (Å²) in [7, 11) is 1.79. The van der Waals surface area contributed by atoms with Gasteiger partial charge in [-0.2, -0.15) is 13.2 Å². The third-order valence-corrected chi connectivity index (χ3v) is 4.24. The summed E-state index contributed by atoms with van der Waals surface area (Å²) in [6.45, 7) is 1.99. The van der Waals surface area contributed by atoms with Crippen molar-refractivity contribution in [3.63, 3.8) is 0 Å². The van der Waals surface area contributed by atoms with Crippen LogP contribution >= 0.6 is 11.8 Å². The van der Waals surface area contributed by atoms with Gasteiger partial charge >= 0.3 is 6.18 Å². The van der Waals surface area contributed by atoms with Crippen LogP contribution in [0.25, 0.3) is 11.4 Å². The molecule has 1 aromatic carbocycles. The molecule has 0 N–H and O–H groups in total. The largest absolute Gasteiger partial charge is 0.435 e. The van der Waals surface area contributed by atoms with Crippen LogP contribution in [0.5, 0.6) is 0 Å². The number of benzene rings is 1. The maximum Gasteiger partial charge on any atom is 0.435 e. The van der Waals surface area contributed by atoms with Crippen molar-refractivity contribution >= 4 is 11.8 Å². The molecule has 3 aromatic rings. The minimum absolute atomic E-state index is 0.314. The maximum atomic E-state index is 12.5. The van der Waals surface area contributed by atoms with Crippen LogP contribution in [-0.4, -0.2) is 25.0 Å².